The van der Waals surface area contributed by atoms with Gasteiger partial charge in [-0.1, -0.05) is 6.07 Å². The molecule has 0 radical (unpaired) electrons. The van der Waals surface area contributed by atoms with Crippen molar-refractivity contribution in [3.05, 3.63) is 36.4 Å². The lowest BCUT2D eigenvalue weighted by Gasteiger charge is -2.08. The molecule has 0 unspecified atom stereocenters. The summed E-state index contributed by atoms with van der Waals surface area (Å²) in [7, 11) is 1.59. The number of rotatable bonds is 6. The van der Waals surface area contributed by atoms with E-state index < -0.39 is 0 Å². The number of hydrogen-bond acceptors (Lipinski definition) is 5. The standard InChI is InChI=1S/C12H14N4O3/c1-18-9-3-2-4-10(7-9)19-6-5-13-12(17)11-14-8-15-16-11/h2-4,7-8H,5-6H2,1H3,(H,13,17)(H,14,15,16). The summed E-state index contributed by atoms with van der Waals surface area (Å²) in [6.07, 6.45) is 1.28. The van der Waals surface area contributed by atoms with Crippen molar-refractivity contribution in [2.24, 2.45) is 0 Å². The van der Waals surface area contributed by atoms with Crippen LogP contribution >= 0.6 is 0 Å². The molecule has 0 aliphatic heterocycles. The molecule has 0 saturated heterocycles. The van der Waals surface area contributed by atoms with Gasteiger partial charge in [-0.25, -0.2) is 4.98 Å². The first-order valence-electron chi connectivity index (χ1n) is 5.70. The molecular weight excluding hydrogens is 248 g/mol. The minimum absolute atomic E-state index is 0.182. The van der Waals surface area contributed by atoms with Gasteiger partial charge in [0.15, 0.2) is 0 Å². The van der Waals surface area contributed by atoms with Crippen LogP contribution in [0.1, 0.15) is 10.6 Å². The van der Waals surface area contributed by atoms with Crippen LogP contribution in [0.25, 0.3) is 0 Å². The van der Waals surface area contributed by atoms with Crippen LogP contribution in [0, 0.1) is 0 Å². The Kier molecular flexibility index (Phi) is 4.33. The number of ether oxygens (including phenoxy) is 2. The Bertz CT molecular complexity index is 528. The molecule has 1 aromatic carbocycles. The molecule has 1 amide bonds. The number of amides is 1. The minimum Gasteiger partial charge on any atom is -0.497 e. The molecule has 0 bridgehead atoms. The van der Waals surface area contributed by atoms with Crippen LogP contribution in [0.2, 0.25) is 0 Å². The van der Waals surface area contributed by atoms with Crippen molar-refractivity contribution in [2.45, 2.75) is 0 Å². The maximum atomic E-state index is 11.5. The van der Waals surface area contributed by atoms with Crippen LogP contribution in [-0.2, 0) is 0 Å². The number of hydrogen-bond donors (Lipinski definition) is 2. The third-order valence-corrected chi connectivity index (χ3v) is 2.33. The third-order valence-electron chi connectivity index (χ3n) is 2.33. The fraction of sp³-hybridized carbons (Fsp3) is 0.250. The van der Waals surface area contributed by atoms with E-state index in [0.717, 1.165) is 5.75 Å². The second-order valence-electron chi connectivity index (χ2n) is 3.62. The molecule has 0 fully saturated rings. The Morgan fingerprint density at radius 2 is 2.26 bits per heavy atom. The molecule has 0 aliphatic carbocycles. The lowest BCUT2D eigenvalue weighted by atomic mass is 10.3. The zero-order chi connectivity index (χ0) is 13.5. The summed E-state index contributed by atoms with van der Waals surface area (Å²) < 4.78 is 10.6. The van der Waals surface area contributed by atoms with E-state index in [4.69, 9.17) is 9.47 Å². The van der Waals surface area contributed by atoms with Crippen LogP contribution in [0.4, 0.5) is 0 Å². The predicted molar refractivity (Wildman–Crippen MR) is 67.2 cm³/mol. The largest absolute Gasteiger partial charge is 0.497 e. The second kappa shape index (κ2) is 6.39. The molecule has 2 aromatic rings. The molecule has 0 saturated carbocycles. The normalized spacial score (nSPS) is 9.95. The summed E-state index contributed by atoms with van der Waals surface area (Å²) in [4.78, 5) is 15.2. The SMILES string of the molecule is COc1cccc(OCCNC(=O)c2ncn[nH]2)c1. The maximum absolute atomic E-state index is 11.5. The molecule has 0 aliphatic rings. The quantitative estimate of drug-likeness (QED) is 0.745. The lowest BCUT2D eigenvalue weighted by molar-refractivity contribution is 0.0937. The van der Waals surface area contributed by atoms with Gasteiger partial charge in [0.05, 0.1) is 13.7 Å². The third kappa shape index (κ3) is 3.70. The van der Waals surface area contributed by atoms with Crippen molar-refractivity contribution in [3.8, 4) is 11.5 Å². The highest BCUT2D eigenvalue weighted by molar-refractivity contribution is 5.90. The highest BCUT2D eigenvalue weighted by Gasteiger charge is 2.07. The van der Waals surface area contributed by atoms with Crippen LogP contribution < -0.4 is 14.8 Å². The average molecular weight is 262 g/mol. The second-order valence-corrected chi connectivity index (χ2v) is 3.62. The highest BCUT2D eigenvalue weighted by Crippen LogP contribution is 2.18. The van der Waals surface area contributed by atoms with E-state index in [1.807, 2.05) is 18.2 Å². The maximum Gasteiger partial charge on any atom is 0.288 e. The van der Waals surface area contributed by atoms with E-state index in [-0.39, 0.29) is 11.7 Å². The van der Waals surface area contributed by atoms with Gasteiger partial charge in [-0.15, -0.1) is 0 Å². The first-order chi connectivity index (χ1) is 9.29. The van der Waals surface area contributed by atoms with Crippen LogP contribution in [-0.4, -0.2) is 41.3 Å². The molecule has 2 N–H and O–H groups in total. The van der Waals surface area contributed by atoms with Gasteiger partial charge < -0.3 is 14.8 Å². The van der Waals surface area contributed by atoms with Crippen LogP contribution in [0.5, 0.6) is 11.5 Å². The molecule has 19 heavy (non-hydrogen) atoms. The number of nitrogens with zero attached hydrogens (tertiary/aromatic N) is 2. The van der Waals surface area contributed by atoms with Crippen molar-refractivity contribution in [1.29, 1.82) is 0 Å². The summed E-state index contributed by atoms with van der Waals surface area (Å²) in [5.41, 5.74) is 0. The van der Waals surface area contributed by atoms with Gasteiger partial charge >= 0.3 is 0 Å². The molecule has 7 nitrogen and oxygen atoms in total. The highest BCUT2D eigenvalue weighted by atomic mass is 16.5. The molecule has 0 atom stereocenters. The predicted octanol–water partition coefficient (Wildman–Crippen LogP) is 0.622. The first-order valence-corrected chi connectivity index (χ1v) is 5.70. The number of aromatic nitrogens is 3. The number of aromatic amines is 1. The number of nitrogens with one attached hydrogen (secondary N) is 2. The molecule has 1 heterocycles. The fourth-order valence-electron chi connectivity index (χ4n) is 1.42. The van der Waals surface area contributed by atoms with Crippen LogP contribution in [0.3, 0.4) is 0 Å². The van der Waals surface area contributed by atoms with Crippen molar-refractivity contribution < 1.29 is 14.3 Å². The Labute approximate surface area is 110 Å². The smallest absolute Gasteiger partial charge is 0.288 e. The average Bonchev–Trinajstić information content (AvgIpc) is 2.98. The summed E-state index contributed by atoms with van der Waals surface area (Å²) >= 11 is 0. The van der Waals surface area contributed by atoms with E-state index in [2.05, 4.69) is 20.5 Å². The van der Waals surface area contributed by atoms with E-state index >= 15 is 0 Å². The first kappa shape index (κ1) is 12.9. The lowest BCUT2D eigenvalue weighted by Crippen LogP contribution is -2.28. The number of carbonyl (C=O) groups is 1. The zero-order valence-electron chi connectivity index (χ0n) is 10.4. The Morgan fingerprint density at radius 1 is 1.42 bits per heavy atom. The van der Waals surface area contributed by atoms with Gasteiger partial charge in [-0.2, -0.15) is 5.10 Å². The summed E-state index contributed by atoms with van der Waals surface area (Å²) in [5.74, 6) is 1.28. The van der Waals surface area contributed by atoms with Gasteiger partial charge in [0.2, 0.25) is 5.82 Å². The molecule has 7 heteroatoms. The van der Waals surface area contributed by atoms with Gasteiger partial charge in [0, 0.05) is 6.07 Å². The number of benzene rings is 1. The van der Waals surface area contributed by atoms with Gasteiger partial charge in [0.1, 0.15) is 24.4 Å². The van der Waals surface area contributed by atoms with Crippen molar-refractivity contribution in [2.75, 3.05) is 20.3 Å². The van der Waals surface area contributed by atoms with E-state index in [9.17, 15) is 4.79 Å². The summed E-state index contributed by atoms with van der Waals surface area (Å²) in [5, 5.41) is 8.73. The van der Waals surface area contributed by atoms with Gasteiger partial charge in [-0.3, -0.25) is 9.89 Å². The van der Waals surface area contributed by atoms with E-state index in [0.29, 0.717) is 18.9 Å². The van der Waals surface area contributed by atoms with Gasteiger partial charge in [0.25, 0.3) is 5.91 Å². The minimum atomic E-state index is -0.313. The zero-order valence-corrected chi connectivity index (χ0v) is 10.4. The van der Waals surface area contributed by atoms with E-state index in [1.165, 1.54) is 6.33 Å². The molecule has 1 aromatic heterocycles. The fourth-order valence-corrected chi connectivity index (χ4v) is 1.42. The van der Waals surface area contributed by atoms with Gasteiger partial charge in [-0.05, 0) is 12.1 Å². The molecule has 2 rings (SSSR count). The van der Waals surface area contributed by atoms with Crippen molar-refractivity contribution >= 4 is 5.91 Å². The Morgan fingerprint density at radius 3 is 3.00 bits per heavy atom. The van der Waals surface area contributed by atoms with Crippen LogP contribution in [0.15, 0.2) is 30.6 Å². The summed E-state index contributed by atoms with van der Waals surface area (Å²) in [6.45, 7) is 0.726. The number of H-pyrrole nitrogens is 1. The molecule has 100 valence electrons. The number of carbonyl (C=O) groups excluding carboxylic acids is 1. The Hall–Kier alpha value is -2.57. The Balaban J connectivity index is 1.73. The van der Waals surface area contributed by atoms with Crippen molar-refractivity contribution in [1.82, 2.24) is 20.5 Å². The van der Waals surface area contributed by atoms with E-state index in [1.54, 1.807) is 13.2 Å². The summed E-state index contributed by atoms with van der Waals surface area (Å²) in [6, 6.07) is 7.26. The van der Waals surface area contributed by atoms with Crippen molar-refractivity contribution in [3.63, 3.8) is 0 Å². The molecule has 0 spiro atoms. The monoisotopic (exact) mass is 262 g/mol. The number of methoxy groups -OCH3 is 1. The topological polar surface area (TPSA) is 89.1 Å². The molecular formula is C12H14N4O3.